The summed E-state index contributed by atoms with van der Waals surface area (Å²) in [5.74, 6) is 0. The molecule has 1 aliphatic heterocycles. The molecule has 98 valence electrons. The second kappa shape index (κ2) is 4.74. The van der Waals surface area contributed by atoms with Crippen LogP contribution in [0.25, 0.3) is 10.9 Å². The summed E-state index contributed by atoms with van der Waals surface area (Å²) in [6.45, 7) is 3.87. The zero-order valence-electron chi connectivity index (χ0n) is 11.1. The number of benzene rings is 1. The lowest BCUT2D eigenvalue weighted by Gasteiger charge is -2.33. The number of carbonyl (C=O) groups is 1. The first-order chi connectivity index (χ1) is 9.21. The highest BCUT2D eigenvalue weighted by molar-refractivity contribution is 5.86. The standard InChI is InChI=1S/C16H17NO2/c1-16(6-8-19-9-7-16)15-5-3-13-10-12(11-18)2-4-14(13)17-15/h2-5,10-11H,6-9H2,1H3. The Balaban J connectivity index is 2.04. The van der Waals surface area contributed by atoms with Gasteiger partial charge in [0, 0.05) is 35.3 Å². The summed E-state index contributed by atoms with van der Waals surface area (Å²) in [4.78, 5) is 15.6. The van der Waals surface area contributed by atoms with Crippen LogP contribution >= 0.6 is 0 Å². The van der Waals surface area contributed by atoms with Crippen molar-refractivity contribution in [3.8, 4) is 0 Å². The van der Waals surface area contributed by atoms with E-state index in [0.29, 0.717) is 5.56 Å². The van der Waals surface area contributed by atoms with Crippen LogP contribution in [0.15, 0.2) is 30.3 Å². The Hall–Kier alpha value is -1.74. The Bertz CT molecular complexity index is 615. The third-order valence-corrected chi connectivity index (χ3v) is 4.06. The minimum atomic E-state index is 0.107. The van der Waals surface area contributed by atoms with Gasteiger partial charge in [0.25, 0.3) is 0 Å². The summed E-state index contributed by atoms with van der Waals surface area (Å²) in [7, 11) is 0. The van der Waals surface area contributed by atoms with E-state index in [9.17, 15) is 4.79 Å². The van der Waals surface area contributed by atoms with E-state index in [1.165, 1.54) is 0 Å². The molecule has 0 unspecified atom stereocenters. The summed E-state index contributed by atoms with van der Waals surface area (Å²) in [6.07, 6.45) is 2.89. The van der Waals surface area contributed by atoms with Gasteiger partial charge in [0.2, 0.25) is 0 Å². The van der Waals surface area contributed by atoms with Gasteiger partial charge in [0.1, 0.15) is 6.29 Å². The normalized spacial score (nSPS) is 18.4. The van der Waals surface area contributed by atoms with E-state index in [1.807, 2.05) is 18.2 Å². The maximum atomic E-state index is 10.8. The molecule has 1 aromatic carbocycles. The Labute approximate surface area is 112 Å². The van der Waals surface area contributed by atoms with E-state index in [-0.39, 0.29) is 5.41 Å². The third-order valence-electron chi connectivity index (χ3n) is 4.06. The van der Waals surface area contributed by atoms with Crippen LogP contribution in [0, 0.1) is 0 Å². The van der Waals surface area contributed by atoms with Crippen LogP contribution in [0.1, 0.15) is 35.8 Å². The van der Waals surface area contributed by atoms with E-state index >= 15 is 0 Å². The van der Waals surface area contributed by atoms with Crippen molar-refractivity contribution in [2.45, 2.75) is 25.2 Å². The molecule has 3 rings (SSSR count). The number of hydrogen-bond donors (Lipinski definition) is 0. The quantitative estimate of drug-likeness (QED) is 0.774. The summed E-state index contributed by atoms with van der Waals surface area (Å²) >= 11 is 0. The lowest BCUT2D eigenvalue weighted by Crippen LogP contribution is -2.31. The summed E-state index contributed by atoms with van der Waals surface area (Å²) in [6, 6.07) is 9.77. The van der Waals surface area contributed by atoms with E-state index in [0.717, 1.165) is 48.9 Å². The van der Waals surface area contributed by atoms with Crippen molar-refractivity contribution >= 4 is 17.2 Å². The van der Waals surface area contributed by atoms with Gasteiger partial charge in [-0.15, -0.1) is 0 Å². The van der Waals surface area contributed by atoms with Crippen LogP contribution in [0.5, 0.6) is 0 Å². The fraction of sp³-hybridized carbons (Fsp3) is 0.375. The van der Waals surface area contributed by atoms with Crippen LogP contribution in [0.3, 0.4) is 0 Å². The van der Waals surface area contributed by atoms with Crippen LogP contribution in [0.4, 0.5) is 0 Å². The van der Waals surface area contributed by atoms with Crippen LogP contribution in [-0.2, 0) is 10.2 Å². The second-order valence-corrected chi connectivity index (χ2v) is 5.44. The highest BCUT2D eigenvalue weighted by Gasteiger charge is 2.30. The number of nitrogens with zero attached hydrogens (tertiary/aromatic N) is 1. The zero-order valence-corrected chi connectivity index (χ0v) is 11.1. The van der Waals surface area contributed by atoms with E-state index in [4.69, 9.17) is 9.72 Å². The average Bonchev–Trinajstić information content (AvgIpc) is 2.47. The largest absolute Gasteiger partial charge is 0.381 e. The van der Waals surface area contributed by atoms with Crippen molar-refractivity contribution < 1.29 is 9.53 Å². The third kappa shape index (κ3) is 2.26. The fourth-order valence-corrected chi connectivity index (χ4v) is 2.63. The number of aldehydes is 1. The van der Waals surface area contributed by atoms with Gasteiger partial charge < -0.3 is 4.74 Å². The molecule has 0 aliphatic carbocycles. The predicted molar refractivity (Wildman–Crippen MR) is 74.5 cm³/mol. The van der Waals surface area contributed by atoms with Gasteiger partial charge in [0.15, 0.2) is 0 Å². The van der Waals surface area contributed by atoms with Crippen molar-refractivity contribution in [3.05, 3.63) is 41.6 Å². The first-order valence-electron chi connectivity index (χ1n) is 6.65. The number of hydrogen-bond acceptors (Lipinski definition) is 3. The number of aromatic nitrogens is 1. The van der Waals surface area contributed by atoms with Gasteiger partial charge in [-0.05, 0) is 37.1 Å². The second-order valence-electron chi connectivity index (χ2n) is 5.44. The maximum absolute atomic E-state index is 10.8. The molecule has 2 heterocycles. The SMILES string of the molecule is CC1(c2ccc3cc(C=O)ccc3n2)CCOCC1. The number of fused-ring (bicyclic) bond motifs is 1. The number of ether oxygens (including phenoxy) is 1. The number of pyridine rings is 1. The predicted octanol–water partition coefficient (Wildman–Crippen LogP) is 3.12. The minimum Gasteiger partial charge on any atom is -0.381 e. The van der Waals surface area contributed by atoms with Gasteiger partial charge in [-0.3, -0.25) is 9.78 Å². The Morgan fingerprint density at radius 2 is 2.00 bits per heavy atom. The van der Waals surface area contributed by atoms with Crippen molar-refractivity contribution in [3.63, 3.8) is 0 Å². The molecular weight excluding hydrogens is 238 g/mol. The lowest BCUT2D eigenvalue weighted by atomic mass is 9.79. The summed E-state index contributed by atoms with van der Waals surface area (Å²) in [5, 5.41) is 1.02. The zero-order chi connectivity index (χ0) is 13.3. The maximum Gasteiger partial charge on any atom is 0.150 e. The highest BCUT2D eigenvalue weighted by atomic mass is 16.5. The molecular formula is C16H17NO2. The molecule has 0 atom stereocenters. The monoisotopic (exact) mass is 255 g/mol. The minimum absolute atomic E-state index is 0.107. The molecule has 19 heavy (non-hydrogen) atoms. The molecule has 0 radical (unpaired) electrons. The number of carbonyl (C=O) groups excluding carboxylic acids is 1. The number of rotatable bonds is 2. The van der Waals surface area contributed by atoms with Crippen LogP contribution < -0.4 is 0 Å². The average molecular weight is 255 g/mol. The molecule has 1 saturated heterocycles. The van der Waals surface area contributed by atoms with Crippen molar-refractivity contribution in [1.82, 2.24) is 4.98 Å². The molecule has 1 fully saturated rings. The summed E-state index contributed by atoms with van der Waals surface area (Å²) < 4.78 is 5.44. The van der Waals surface area contributed by atoms with E-state index < -0.39 is 0 Å². The van der Waals surface area contributed by atoms with Gasteiger partial charge in [0.05, 0.1) is 5.52 Å². The van der Waals surface area contributed by atoms with Crippen LogP contribution in [0.2, 0.25) is 0 Å². The lowest BCUT2D eigenvalue weighted by molar-refractivity contribution is 0.0551. The van der Waals surface area contributed by atoms with Gasteiger partial charge >= 0.3 is 0 Å². The molecule has 0 amide bonds. The molecule has 1 aliphatic rings. The van der Waals surface area contributed by atoms with Crippen molar-refractivity contribution in [2.75, 3.05) is 13.2 Å². The molecule has 3 heteroatoms. The van der Waals surface area contributed by atoms with E-state index in [2.05, 4.69) is 19.1 Å². The molecule has 1 aromatic heterocycles. The molecule has 3 nitrogen and oxygen atoms in total. The molecule has 0 bridgehead atoms. The summed E-state index contributed by atoms with van der Waals surface area (Å²) in [5.41, 5.74) is 2.88. The molecule has 0 N–H and O–H groups in total. The fourth-order valence-electron chi connectivity index (χ4n) is 2.63. The molecule has 0 saturated carbocycles. The smallest absolute Gasteiger partial charge is 0.150 e. The first kappa shape index (κ1) is 12.3. The van der Waals surface area contributed by atoms with Crippen molar-refractivity contribution in [2.24, 2.45) is 0 Å². The first-order valence-corrected chi connectivity index (χ1v) is 6.65. The van der Waals surface area contributed by atoms with Crippen LogP contribution in [-0.4, -0.2) is 24.5 Å². The van der Waals surface area contributed by atoms with Crippen molar-refractivity contribution in [1.29, 1.82) is 0 Å². The highest BCUT2D eigenvalue weighted by Crippen LogP contribution is 2.33. The van der Waals surface area contributed by atoms with Gasteiger partial charge in [-0.1, -0.05) is 13.0 Å². The van der Waals surface area contributed by atoms with Gasteiger partial charge in [-0.25, -0.2) is 0 Å². The molecule has 0 spiro atoms. The molecule has 2 aromatic rings. The van der Waals surface area contributed by atoms with E-state index in [1.54, 1.807) is 0 Å². The Morgan fingerprint density at radius 1 is 1.21 bits per heavy atom. The Kier molecular flexibility index (Phi) is 3.07. The topological polar surface area (TPSA) is 39.2 Å². The Morgan fingerprint density at radius 3 is 2.74 bits per heavy atom. The van der Waals surface area contributed by atoms with Gasteiger partial charge in [-0.2, -0.15) is 0 Å².